The zero-order valence-corrected chi connectivity index (χ0v) is 7.69. The Labute approximate surface area is 73.7 Å². The van der Waals surface area contributed by atoms with Crippen molar-refractivity contribution in [3.05, 3.63) is 12.2 Å². The number of nitrogens with zero attached hydrogens (tertiary/aromatic N) is 1. The summed E-state index contributed by atoms with van der Waals surface area (Å²) in [6, 6.07) is 0. The van der Waals surface area contributed by atoms with Gasteiger partial charge < -0.3 is 5.43 Å². The van der Waals surface area contributed by atoms with Crippen LogP contribution in [-0.2, 0) is 0 Å². The van der Waals surface area contributed by atoms with Crippen LogP contribution in [0.25, 0.3) is 0 Å². The van der Waals surface area contributed by atoms with Gasteiger partial charge in [-0.25, -0.2) is 0 Å². The minimum Gasteiger partial charge on any atom is -0.306 e. The topological polar surface area (TPSA) is 24.4 Å². The fourth-order valence-electron chi connectivity index (χ4n) is 1.71. The van der Waals surface area contributed by atoms with E-state index in [9.17, 15) is 0 Å². The molecule has 66 valence electrons. The van der Waals surface area contributed by atoms with Gasteiger partial charge in [0.05, 0.1) is 6.54 Å². The van der Waals surface area contributed by atoms with E-state index >= 15 is 0 Å². The van der Waals surface area contributed by atoms with Crippen LogP contribution in [0.2, 0.25) is 0 Å². The van der Waals surface area contributed by atoms with E-state index in [0.717, 1.165) is 17.5 Å². The molecule has 0 aromatic carbocycles. The second kappa shape index (κ2) is 2.61. The van der Waals surface area contributed by atoms with Gasteiger partial charge in [0.2, 0.25) is 0 Å². The maximum Gasteiger partial charge on any atom is 0.0534 e. The molecule has 2 aliphatic carbocycles. The summed E-state index contributed by atoms with van der Waals surface area (Å²) >= 11 is 0. The molecule has 2 nitrogen and oxygen atoms in total. The van der Waals surface area contributed by atoms with Gasteiger partial charge in [0.25, 0.3) is 0 Å². The van der Waals surface area contributed by atoms with Gasteiger partial charge in [0.15, 0.2) is 0 Å². The van der Waals surface area contributed by atoms with Gasteiger partial charge in [0.1, 0.15) is 0 Å². The summed E-state index contributed by atoms with van der Waals surface area (Å²) in [4.78, 5) is 0. The minimum absolute atomic E-state index is 0.740. The summed E-state index contributed by atoms with van der Waals surface area (Å²) < 4.78 is 0. The van der Waals surface area contributed by atoms with Crippen LogP contribution >= 0.6 is 0 Å². The average molecular weight is 164 g/mol. The highest BCUT2D eigenvalue weighted by Gasteiger charge is 2.51. The predicted octanol–water partition coefficient (Wildman–Crippen LogP) is 2.08. The molecule has 0 unspecified atom stereocenters. The maximum atomic E-state index is 4.31. The van der Waals surface area contributed by atoms with E-state index in [1.165, 1.54) is 31.4 Å². The van der Waals surface area contributed by atoms with Crippen molar-refractivity contribution in [2.75, 3.05) is 6.54 Å². The molecule has 0 saturated heterocycles. The lowest BCUT2D eigenvalue weighted by molar-refractivity contribution is 0.475. The lowest BCUT2D eigenvalue weighted by Gasteiger charge is -2.27. The molecule has 2 heteroatoms. The summed E-state index contributed by atoms with van der Waals surface area (Å²) in [5, 5.41) is 4.31. The molecule has 0 aliphatic heterocycles. The third-order valence-corrected chi connectivity index (χ3v) is 2.73. The van der Waals surface area contributed by atoms with Crippen LogP contribution in [0.3, 0.4) is 0 Å². The largest absolute Gasteiger partial charge is 0.306 e. The highest BCUT2D eigenvalue weighted by Crippen LogP contribution is 2.59. The Bertz CT molecular complexity index is 226. The van der Waals surface area contributed by atoms with Gasteiger partial charge in [-0.15, -0.1) is 0 Å². The summed E-state index contributed by atoms with van der Waals surface area (Å²) in [5.74, 6) is 0. The van der Waals surface area contributed by atoms with Gasteiger partial charge >= 0.3 is 0 Å². The number of nitrogens with one attached hydrogen (secondary N) is 1. The molecule has 2 fully saturated rings. The average Bonchev–Trinajstić information content (AvgIpc) is 2.64. The van der Waals surface area contributed by atoms with Crippen LogP contribution in [0.1, 0.15) is 32.6 Å². The molecule has 12 heavy (non-hydrogen) atoms. The first-order chi connectivity index (χ1) is 5.70. The van der Waals surface area contributed by atoms with E-state index < -0.39 is 0 Å². The highest BCUT2D eigenvalue weighted by molar-refractivity contribution is 5.92. The molecule has 0 amide bonds. The molecule has 2 saturated carbocycles. The Morgan fingerprint density at radius 1 is 1.58 bits per heavy atom. The van der Waals surface area contributed by atoms with Crippen molar-refractivity contribution >= 4 is 5.71 Å². The fraction of sp³-hybridized carbons (Fsp3) is 0.700. The van der Waals surface area contributed by atoms with Crippen LogP contribution < -0.4 is 5.43 Å². The van der Waals surface area contributed by atoms with Crippen molar-refractivity contribution in [2.24, 2.45) is 10.5 Å². The molecule has 0 atom stereocenters. The lowest BCUT2D eigenvalue weighted by Crippen LogP contribution is -2.27. The van der Waals surface area contributed by atoms with Crippen LogP contribution in [0, 0.1) is 5.41 Å². The Morgan fingerprint density at radius 2 is 2.25 bits per heavy atom. The normalized spacial score (nSPS) is 23.2. The molecule has 0 aromatic rings. The zero-order valence-electron chi connectivity index (χ0n) is 7.69. The van der Waals surface area contributed by atoms with Gasteiger partial charge in [-0.05, 0) is 38.0 Å². The number of hydrogen-bond donors (Lipinski definition) is 1. The number of hydrogen-bond acceptors (Lipinski definition) is 2. The Morgan fingerprint density at radius 3 is 2.75 bits per heavy atom. The minimum atomic E-state index is 0.740. The van der Waals surface area contributed by atoms with Gasteiger partial charge in [-0.1, -0.05) is 12.2 Å². The molecule has 2 aliphatic rings. The monoisotopic (exact) mass is 164 g/mol. The zero-order chi connectivity index (χ0) is 8.60. The second-order valence-corrected chi connectivity index (χ2v) is 4.32. The summed E-state index contributed by atoms with van der Waals surface area (Å²) in [6.45, 7) is 6.63. The van der Waals surface area contributed by atoms with Gasteiger partial charge in [-0.2, -0.15) is 5.10 Å². The maximum absolute atomic E-state index is 4.31. The van der Waals surface area contributed by atoms with Crippen LogP contribution in [0.15, 0.2) is 17.3 Å². The quantitative estimate of drug-likeness (QED) is 0.501. The predicted molar refractivity (Wildman–Crippen MR) is 51.2 cm³/mol. The summed E-state index contributed by atoms with van der Waals surface area (Å²) in [6.07, 6.45) is 5.37. The lowest BCUT2D eigenvalue weighted by atomic mass is 9.80. The molecule has 0 aromatic heterocycles. The number of rotatable bonds is 3. The van der Waals surface area contributed by atoms with Crippen LogP contribution in [-0.4, -0.2) is 12.3 Å². The Hall–Kier alpha value is -0.790. The SMILES string of the molecule is C=C(C)CNN=C1CC2(CC2)C1. The first-order valence-electron chi connectivity index (χ1n) is 4.63. The summed E-state index contributed by atoms with van der Waals surface area (Å²) in [7, 11) is 0. The van der Waals surface area contributed by atoms with Crippen molar-refractivity contribution in [3.63, 3.8) is 0 Å². The molecule has 1 N–H and O–H groups in total. The fourth-order valence-corrected chi connectivity index (χ4v) is 1.71. The molecular weight excluding hydrogens is 148 g/mol. The van der Waals surface area contributed by atoms with E-state index in [4.69, 9.17) is 0 Å². The van der Waals surface area contributed by atoms with E-state index in [-0.39, 0.29) is 0 Å². The summed E-state index contributed by atoms with van der Waals surface area (Å²) in [5.41, 5.74) is 6.27. The third-order valence-electron chi connectivity index (χ3n) is 2.73. The van der Waals surface area contributed by atoms with Gasteiger partial charge in [0, 0.05) is 5.71 Å². The smallest absolute Gasteiger partial charge is 0.0534 e. The first-order valence-corrected chi connectivity index (χ1v) is 4.63. The van der Waals surface area contributed by atoms with Crippen molar-refractivity contribution in [3.8, 4) is 0 Å². The standard InChI is InChI=1S/C10H16N2/c1-8(2)7-11-12-9-5-10(6-9)3-4-10/h11H,1,3-7H2,2H3. The molecular formula is C10H16N2. The molecule has 0 radical (unpaired) electrons. The van der Waals surface area contributed by atoms with Crippen molar-refractivity contribution in [2.45, 2.75) is 32.6 Å². The Balaban J connectivity index is 1.69. The van der Waals surface area contributed by atoms with Crippen molar-refractivity contribution < 1.29 is 0 Å². The molecule has 0 bridgehead atoms. The Kier molecular flexibility index (Phi) is 1.71. The first kappa shape index (κ1) is 7.84. The molecule has 2 rings (SSSR count). The van der Waals surface area contributed by atoms with Crippen LogP contribution in [0.5, 0.6) is 0 Å². The van der Waals surface area contributed by atoms with Crippen molar-refractivity contribution in [1.82, 2.24) is 5.43 Å². The highest BCUT2D eigenvalue weighted by atomic mass is 15.3. The van der Waals surface area contributed by atoms with Gasteiger partial charge in [-0.3, -0.25) is 0 Å². The van der Waals surface area contributed by atoms with Crippen molar-refractivity contribution in [1.29, 1.82) is 0 Å². The van der Waals surface area contributed by atoms with E-state index in [1.807, 2.05) is 6.92 Å². The second-order valence-electron chi connectivity index (χ2n) is 4.32. The molecule has 1 spiro atoms. The van der Waals surface area contributed by atoms with Crippen LogP contribution in [0.4, 0.5) is 0 Å². The molecule has 0 heterocycles. The number of hydrazone groups is 1. The van der Waals surface area contributed by atoms with E-state index in [1.54, 1.807) is 0 Å². The third kappa shape index (κ3) is 1.52. The van der Waals surface area contributed by atoms with E-state index in [2.05, 4.69) is 17.1 Å². The van der Waals surface area contributed by atoms with E-state index in [0.29, 0.717) is 0 Å².